The van der Waals surface area contributed by atoms with Crippen LogP contribution in [0.25, 0.3) is 0 Å². The number of unbranched alkanes of at least 4 members (excludes halogenated alkanes) is 1. The molecule has 2 unspecified atom stereocenters. The minimum absolute atomic E-state index is 0.000873. The molecule has 0 saturated carbocycles. The minimum Gasteiger partial charge on any atom is -0.379 e. The van der Waals surface area contributed by atoms with Gasteiger partial charge in [0.25, 0.3) is 0 Å². The fourth-order valence-corrected chi connectivity index (χ4v) is 7.38. The lowest BCUT2D eigenvalue weighted by Crippen LogP contribution is -2.36. The molecule has 22 nitrogen and oxygen atoms in total. The van der Waals surface area contributed by atoms with Crippen molar-refractivity contribution in [1.29, 1.82) is 5.41 Å². The van der Waals surface area contributed by atoms with Gasteiger partial charge in [0.1, 0.15) is 5.78 Å². The molecule has 1 heterocycles. The molecule has 71 heavy (non-hydrogen) atoms. The lowest BCUT2D eigenvalue weighted by Gasteiger charge is -2.15. The second-order valence-corrected chi connectivity index (χ2v) is 17.3. The first-order chi connectivity index (χ1) is 34.7. The summed E-state index contributed by atoms with van der Waals surface area (Å²) in [5.41, 5.74) is 6.75. The summed E-state index contributed by atoms with van der Waals surface area (Å²) in [5, 5.41) is 12.7. The molecule has 4 amide bonds. The van der Waals surface area contributed by atoms with E-state index in [1.54, 1.807) is 0 Å². The van der Waals surface area contributed by atoms with E-state index in [0.29, 0.717) is 209 Å². The zero-order valence-corrected chi connectivity index (χ0v) is 43.7. The van der Waals surface area contributed by atoms with Gasteiger partial charge >= 0.3 is 0 Å². The predicted octanol–water partition coefficient (Wildman–Crippen LogP) is 1.75. The fourth-order valence-electron chi connectivity index (χ4n) is 6.25. The predicted molar refractivity (Wildman–Crippen MR) is 267 cm³/mol. The van der Waals surface area contributed by atoms with Crippen LogP contribution in [0.4, 0.5) is 0 Å². The summed E-state index contributed by atoms with van der Waals surface area (Å²) in [4.78, 5) is 62.4. The summed E-state index contributed by atoms with van der Waals surface area (Å²) >= 11 is 1.37. The Morgan fingerprint density at radius 1 is 0.563 bits per heavy atom. The molecule has 1 fully saturated rings. The van der Waals surface area contributed by atoms with E-state index in [2.05, 4.69) is 10.6 Å². The van der Waals surface area contributed by atoms with Crippen LogP contribution < -0.4 is 16.4 Å². The van der Waals surface area contributed by atoms with Gasteiger partial charge < -0.3 is 78.6 Å². The average molecular weight is 1040 g/mol. The second-order valence-electron chi connectivity index (χ2n) is 16.0. The van der Waals surface area contributed by atoms with Crippen LogP contribution in [0, 0.1) is 5.41 Å². The van der Waals surface area contributed by atoms with Crippen molar-refractivity contribution in [1.82, 2.24) is 15.5 Å². The van der Waals surface area contributed by atoms with Crippen molar-refractivity contribution in [3.05, 3.63) is 0 Å². The van der Waals surface area contributed by atoms with Gasteiger partial charge in [-0.3, -0.25) is 28.9 Å². The van der Waals surface area contributed by atoms with Gasteiger partial charge in [-0.25, -0.2) is 0 Å². The highest BCUT2D eigenvalue weighted by molar-refractivity contribution is 8.00. The van der Waals surface area contributed by atoms with Gasteiger partial charge in [-0.2, -0.15) is 0 Å². The minimum atomic E-state index is -0.508. The van der Waals surface area contributed by atoms with Crippen molar-refractivity contribution in [3.63, 3.8) is 0 Å². The maximum absolute atomic E-state index is 12.8. The topological polar surface area (TPSA) is 273 Å². The molecule has 1 aliphatic rings. The number of nitrogens with two attached hydrogens (primary N) is 1. The molecule has 1 aliphatic heterocycles. The normalized spacial score (nSPS) is 14.1. The fraction of sp³-hybridized carbons (Fsp3) is 0.875. The first kappa shape index (κ1) is 66.3. The van der Waals surface area contributed by atoms with Crippen molar-refractivity contribution in [2.24, 2.45) is 5.73 Å². The van der Waals surface area contributed by atoms with Gasteiger partial charge in [0.15, 0.2) is 0 Å². The Morgan fingerprint density at radius 2 is 0.972 bits per heavy atom. The number of hydrogen-bond donors (Lipinski definition) is 4. The summed E-state index contributed by atoms with van der Waals surface area (Å²) in [6, 6.07) is -0.508. The highest BCUT2D eigenvalue weighted by Crippen LogP contribution is 2.26. The lowest BCUT2D eigenvalue weighted by atomic mass is 10.0. The number of nitrogens with one attached hydrogen (secondary N) is 3. The molecule has 0 spiro atoms. The van der Waals surface area contributed by atoms with Crippen LogP contribution in [0.3, 0.4) is 0 Å². The van der Waals surface area contributed by atoms with Gasteiger partial charge in [0, 0.05) is 51.0 Å². The van der Waals surface area contributed by atoms with Crippen LogP contribution >= 0.6 is 11.8 Å². The second kappa shape index (κ2) is 49.5. The quantitative estimate of drug-likeness (QED) is 0.0384. The molecule has 1 saturated heterocycles. The maximum atomic E-state index is 12.8. The van der Waals surface area contributed by atoms with Crippen molar-refractivity contribution >= 4 is 46.9 Å². The first-order valence-corrected chi connectivity index (χ1v) is 26.5. The molecular weight excluding hydrogens is 951 g/mol. The Labute approximate surface area is 426 Å². The van der Waals surface area contributed by atoms with Crippen molar-refractivity contribution in [3.8, 4) is 0 Å². The molecular formula is C48H89N5O17S. The van der Waals surface area contributed by atoms with Crippen LogP contribution in [-0.2, 0) is 80.8 Å². The average Bonchev–Trinajstić information content (AvgIpc) is 3.63. The Morgan fingerprint density at radius 3 is 1.39 bits per heavy atom. The number of amides is 4. The molecule has 5 N–H and O–H groups in total. The van der Waals surface area contributed by atoms with E-state index in [-0.39, 0.29) is 48.8 Å². The number of carbonyl (C=O) groups is 5. The van der Waals surface area contributed by atoms with Crippen molar-refractivity contribution < 1.29 is 80.8 Å². The highest BCUT2D eigenvalue weighted by Gasteiger charge is 2.38. The number of ketones is 1. The summed E-state index contributed by atoms with van der Waals surface area (Å²) in [6.45, 7) is 15.3. The summed E-state index contributed by atoms with van der Waals surface area (Å²) in [7, 11) is 0. The number of thioether (sulfide) groups is 1. The molecule has 2 atom stereocenters. The van der Waals surface area contributed by atoms with E-state index in [0.717, 1.165) is 30.6 Å². The van der Waals surface area contributed by atoms with Gasteiger partial charge in [-0.1, -0.05) is 13.3 Å². The Bertz CT molecular complexity index is 1360. The lowest BCUT2D eigenvalue weighted by molar-refractivity contribution is -0.138. The molecule has 1 rings (SSSR count). The van der Waals surface area contributed by atoms with Crippen LogP contribution in [0.5, 0.6) is 0 Å². The molecule has 0 aromatic rings. The van der Waals surface area contributed by atoms with Crippen LogP contribution in [0.15, 0.2) is 0 Å². The van der Waals surface area contributed by atoms with Gasteiger partial charge in [-0.15, -0.1) is 11.8 Å². The highest BCUT2D eigenvalue weighted by atomic mass is 32.2. The summed E-state index contributed by atoms with van der Waals surface area (Å²) in [6.07, 6.45) is 5.13. The third kappa shape index (κ3) is 41.3. The third-order valence-corrected chi connectivity index (χ3v) is 11.5. The number of nitrogens with zero attached hydrogens (tertiary/aromatic N) is 1. The van der Waals surface area contributed by atoms with E-state index >= 15 is 0 Å². The molecule has 0 radical (unpaired) electrons. The van der Waals surface area contributed by atoms with Gasteiger partial charge in [0.05, 0.1) is 170 Å². The molecule has 0 aliphatic carbocycles. The first-order valence-electron chi connectivity index (χ1n) is 25.5. The molecule has 0 aromatic heterocycles. The monoisotopic (exact) mass is 1040 g/mol. The van der Waals surface area contributed by atoms with Gasteiger partial charge in [-0.05, 0) is 44.8 Å². The largest absolute Gasteiger partial charge is 0.379 e. The SMILES string of the molecule is CCNC(=O)CCOCCOCCOCCOCCOCCOCCOCCOCCOCCOCCOCCOCCNC(=O)CCN1C(=O)CC(SCCCC(=O)C(N)CCCCC(=N)CC)C1=O. The van der Waals surface area contributed by atoms with Crippen LogP contribution in [0.1, 0.15) is 78.1 Å². The standard InChI is InChI=1S/C48H89N5O17S/c1-3-41(49)8-5-6-9-42(50)43(54)10-7-39-71-44-40-47(57)53(48(44)58)14-11-45(55)52-13-16-60-18-20-62-22-24-64-26-28-66-30-32-68-34-36-70-38-37-69-35-33-67-31-29-65-27-25-63-23-21-61-19-17-59-15-12-46(56)51-4-2/h42,44,49H,3-40,50H2,1-2H3,(H,51,56)(H,52,55). The Kier molecular flexibility index (Phi) is 46.2. The van der Waals surface area contributed by atoms with Crippen molar-refractivity contribution in [2.75, 3.05) is 184 Å². The zero-order chi connectivity index (χ0) is 51.7. The maximum Gasteiger partial charge on any atom is 0.242 e. The number of carbonyl (C=O) groups excluding carboxylic acids is 5. The van der Waals surface area contributed by atoms with Gasteiger partial charge in [0.2, 0.25) is 23.6 Å². The van der Waals surface area contributed by atoms with E-state index in [1.807, 2.05) is 13.8 Å². The third-order valence-electron chi connectivity index (χ3n) is 10.2. The number of imide groups is 1. The number of likely N-dealkylation sites (tertiary alicyclic amines) is 1. The Hall–Kier alpha value is -2.75. The number of rotatable bonds is 55. The van der Waals surface area contributed by atoms with E-state index < -0.39 is 11.3 Å². The number of Topliss-reactive ketones (excluding diaryl/α,β-unsaturated/α-hetero) is 1. The number of ether oxygens (including phenoxy) is 12. The number of hydrogen-bond acceptors (Lipinski definition) is 20. The molecule has 414 valence electrons. The van der Waals surface area contributed by atoms with E-state index in [9.17, 15) is 24.0 Å². The van der Waals surface area contributed by atoms with E-state index in [1.165, 1.54) is 11.8 Å². The smallest absolute Gasteiger partial charge is 0.242 e. The molecule has 0 aromatic carbocycles. The van der Waals surface area contributed by atoms with E-state index in [4.69, 9.17) is 68.0 Å². The zero-order valence-electron chi connectivity index (χ0n) is 42.9. The molecule has 0 bridgehead atoms. The summed E-state index contributed by atoms with van der Waals surface area (Å²) in [5.74, 6) is -0.310. The summed E-state index contributed by atoms with van der Waals surface area (Å²) < 4.78 is 65.7. The van der Waals surface area contributed by atoms with Crippen LogP contribution in [-0.4, -0.2) is 235 Å². The van der Waals surface area contributed by atoms with Crippen molar-refractivity contribution in [2.45, 2.75) is 89.3 Å². The molecule has 23 heteroatoms. The Balaban J connectivity index is 1.77. The van der Waals surface area contributed by atoms with Crippen LogP contribution in [0.2, 0.25) is 0 Å².